The Kier molecular flexibility index (Phi) is 6.79. The summed E-state index contributed by atoms with van der Waals surface area (Å²) in [5, 5.41) is 0. The Balaban J connectivity index is 1.88. The van der Waals surface area contributed by atoms with Crippen molar-refractivity contribution < 1.29 is 4.79 Å². The van der Waals surface area contributed by atoms with Gasteiger partial charge in [0.1, 0.15) is 0 Å². The molecule has 0 spiro atoms. The van der Waals surface area contributed by atoms with Crippen LogP contribution in [0.1, 0.15) is 84.0 Å². The van der Waals surface area contributed by atoms with E-state index in [1.807, 2.05) is 0 Å². The fourth-order valence-electron chi connectivity index (χ4n) is 2.50. The van der Waals surface area contributed by atoms with E-state index < -0.39 is 5.54 Å². The van der Waals surface area contributed by atoms with Crippen LogP contribution in [-0.4, -0.2) is 11.3 Å². The molecule has 1 rings (SSSR count). The Morgan fingerprint density at radius 2 is 1.53 bits per heavy atom. The van der Waals surface area contributed by atoms with Gasteiger partial charge >= 0.3 is 0 Å². The van der Waals surface area contributed by atoms with Gasteiger partial charge in [0, 0.05) is 6.42 Å². The summed E-state index contributed by atoms with van der Waals surface area (Å²) in [5.41, 5.74) is 5.58. The van der Waals surface area contributed by atoms with E-state index in [-0.39, 0.29) is 0 Å². The third-order valence-electron chi connectivity index (χ3n) is 4.06. The lowest BCUT2D eigenvalue weighted by Crippen LogP contribution is -2.53. The van der Waals surface area contributed by atoms with Gasteiger partial charge < -0.3 is 5.73 Å². The van der Waals surface area contributed by atoms with Gasteiger partial charge in [-0.15, -0.1) is 0 Å². The largest absolute Gasteiger partial charge is 0.319 e. The van der Waals surface area contributed by atoms with Gasteiger partial charge in [0.15, 0.2) is 5.78 Å². The van der Waals surface area contributed by atoms with Gasteiger partial charge in [0.25, 0.3) is 0 Å². The van der Waals surface area contributed by atoms with E-state index in [1.54, 1.807) is 0 Å². The molecule has 1 fully saturated rings. The zero-order valence-corrected chi connectivity index (χ0v) is 11.5. The minimum atomic E-state index is -0.416. The van der Waals surface area contributed by atoms with E-state index in [1.165, 1.54) is 44.9 Å². The van der Waals surface area contributed by atoms with Gasteiger partial charge in [-0.3, -0.25) is 4.79 Å². The average Bonchev–Trinajstić information content (AvgIpc) is 2.29. The van der Waals surface area contributed by atoms with Crippen LogP contribution in [0.4, 0.5) is 0 Å². The molecule has 100 valence electrons. The van der Waals surface area contributed by atoms with Crippen LogP contribution >= 0.6 is 0 Å². The number of carbonyl (C=O) groups is 1. The molecule has 1 saturated carbocycles. The van der Waals surface area contributed by atoms with Crippen LogP contribution in [0.15, 0.2) is 0 Å². The Labute approximate surface area is 106 Å². The van der Waals surface area contributed by atoms with Crippen molar-refractivity contribution in [1.29, 1.82) is 0 Å². The summed E-state index contributed by atoms with van der Waals surface area (Å²) >= 11 is 0. The van der Waals surface area contributed by atoms with Crippen molar-refractivity contribution in [3.63, 3.8) is 0 Å². The van der Waals surface area contributed by atoms with E-state index in [2.05, 4.69) is 6.92 Å². The van der Waals surface area contributed by atoms with E-state index in [9.17, 15) is 4.79 Å². The minimum absolute atomic E-state index is 0.315. The highest BCUT2D eigenvalue weighted by Gasteiger charge is 2.38. The van der Waals surface area contributed by atoms with Crippen LogP contribution in [0.5, 0.6) is 0 Å². The maximum absolute atomic E-state index is 11.8. The van der Waals surface area contributed by atoms with E-state index in [0.717, 1.165) is 25.7 Å². The third-order valence-corrected chi connectivity index (χ3v) is 4.06. The molecule has 2 N–H and O–H groups in total. The van der Waals surface area contributed by atoms with Crippen LogP contribution in [0.25, 0.3) is 0 Å². The molecule has 0 atom stereocenters. The molecule has 0 aliphatic heterocycles. The number of hydrogen-bond donors (Lipinski definition) is 1. The number of Topliss-reactive ketones (excluding diaryl/α,β-unsaturated/α-hetero) is 1. The Hall–Kier alpha value is -0.370. The number of hydrogen-bond acceptors (Lipinski definition) is 2. The van der Waals surface area contributed by atoms with Gasteiger partial charge in [-0.05, 0) is 25.7 Å². The zero-order valence-electron chi connectivity index (χ0n) is 11.5. The SMILES string of the molecule is CCCCCCCCCCC(=O)C1(N)CCC1. The number of carbonyl (C=O) groups excluding carboxylic acids is 1. The molecule has 0 aromatic carbocycles. The fourth-order valence-corrected chi connectivity index (χ4v) is 2.50. The zero-order chi connectivity index (χ0) is 12.6. The second-order valence-corrected chi connectivity index (χ2v) is 5.66. The summed E-state index contributed by atoms with van der Waals surface area (Å²) in [6.45, 7) is 2.24. The summed E-state index contributed by atoms with van der Waals surface area (Å²) < 4.78 is 0. The van der Waals surface area contributed by atoms with Gasteiger partial charge in [-0.2, -0.15) is 0 Å². The molecule has 0 amide bonds. The quantitative estimate of drug-likeness (QED) is 0.586. The molecule has 0 saturated heterocycles. The predicted molar refractivity (Wildman–Crippen MR) is 73.0 cm³/mol. The fraction of sp³-hybridized carbons (Fsp3) is 0.933. The highest BCUT2D eigenvalue weighted by Crippen LogP contribution is 2.31. The number of nitrogens with two attached hydrogens (primary N) is 1. The summed E-state index contributed by atoms with van der Waals surface area (Å²) in [6.07, 6.45) is 14.0. The molecule has 0 unspecified atom stereocenters. The Morgan fingerprint density at radius 1 is 1.00 bits per heavy atom. The highest BCUT2D eigenvalue weighted by molar-refractivity contribution is 5.89. The topological polar surface area (TPSA) is 43.1 Å². The smallest absolute Gasteiger partial charge is 0.152 e. The molecular formula is C15H29NO. The van der Waals surface area contributed by atoms with Gasteiger partial charge in [-0.25, -0.2) is 0 Å². The molecule has 0 aromatic rings. The van der Waals surface area contributed by atoms with Gasteiger partial charge in [0.2, 0.25) is 0 Å². The van der Waals surface area contributed by atoms with Crippen molar-refractivity contribution in [2.75, 3.05) is 0 Å². The molecule has 0 radical (unpaired) electrons. The normalized spacial score (nSPS) is 17.8. The maximum Gasteiger partial charge on any atom is 0.152 e. The minimum Gasteiger partial charge on any atom is -0.319 e. The van der Waals surface area contributed by atoms with E-state index in [4.69, 9.17) is 5.73 Å². The number of unbranched alkanes of at least 4 members (excludes halogenated alkanes) is 7. The Bertz CT molecular complexity index is 221. The maximum atomic E-state index is 11.8. The first-order valence-electron chi connectivity index (χ1n) is 7.51. The number of rotatable bonds is 10. The van der Waals surface area contributed by atoms with Crippen molar-refractivity contribution >= 4 is 5.78 Å². The first-order valence-corrected chi connectivity index (χ1v) is 7.51. The molecule has 1 aliphatic carbocycles. The Morgan fingerprint density at radius 3 is 2.00 bits per heavy atom. The lowest BCUT2D eigenvalue weighted by atomic mass is 9.73. The molecule has 17 heavy (non-hydrogen) atoms. The van der Waals surface area contributed by atoms with Crippen LogP contribution in [0.2, 0.25) is 0 Å². The van der Waals surface area contributed by atoms with Crippen molar-refractivity contribution in [2.45, 2.75) is 89.5 Å². The van der Waals surface area contributed by atoms with Crippen molar-refractivity contribution in [1.82, 2.24) is 0 Å². The van der Waals surface area contributed by atoms with Gasteiger partial charge in [0.05, 0.1) is 5.54 Å². The molecule has 1 aliphatic rings. The standard InChI is InChI=1S/C15H29NO/c1-2-3-4-5-6-7-8-9-11-14(17)15(16)12-10-13-15/h2-13,16H2,1H3. The van der Waals surface area contributed by atoms with Gasteiger partial charge in [-0.1, -0.05) is 51.9 Å². The second-order valence-electron chi connectivity index (χ2n) is 5.66. The first kappa shape index (κ1) is 14.7. The molecule has 0 heterocycles. The summed E-state index contributed by atoms with van der Waals surface area (Å²) in [6, 6.07) is 0. The highest BCUT2D eigenvalue weighted by atomic mass is 16.1. The van der Waals surface area contributed by atoms with Crippen LogP contribution in [-0.2, 0) is 4.79 Å². The average molecular weight is 239 g/mol. The summed E-state index contributed by atoms with van der Waals surface area (Å²) in [7, 11) is 0. The van der Waals surface area contributed by atoms with E-state index >= 15 is 0 Å². The van der Waals surface area contributed by atoms with Crippen LogP contribution in [0, 0.1) is 0 Å². The van der Waals surface area contributed by atoms with Crippen LogP contribution < -0.4 is 5.73 Å². The lowest BCUT2D eigenvalue weighted by molar-refractivity contribution is -0.127. The van der Waals surface area contributed by atoms with Crippen molar-refractivity contribution in [3.8, 4) is 0 Å². The summed E-state index contributed by atoms with van der Waals surface area (Å²) in [4.78, 5) is 11.8. The predicted octanol–water partition coefficient (Wildman–Crippen LogP) is 3.97. The lowest BCUT2D eigenvalue weighted by Gasteiger charge is -2.36. The molecule has 0 bridgehead atoms. The van der Waals surface area contributed by atoms with Crippen molar-refractivity contribution in [3.05, 3.63) is 0 Å². The number of ketones is 1. The molecule has 2 nitrogen and oxygen atoms in total. The second kappa shape index (κ2) is 7.86. The van der Waals surface area contributed by atoms with E-state index in [0.29, 0.717) is 12.2 Å². The monoisotopic (exact) mass is 239 g/mol. The van der Waals surface area contributed by atoms with Crippen LogP contribution in [0.3, 0.4) is 0 Å². The first-order chi connectivity index (χ1) is 8.19. The molecular weight excluding hydrogens is 210 g/mol. The molecule has 2 heteroatoms. The molecule has 0 aromatic heterocycles. The van der Waals surface area contributed by atoms with Crippen molar-refractivity contribution in [2.24, 2.45) is 5.73 Å². The summed E-state index contributed by atoms with van der Waals surface area (Å²) in [5.74, 6) is 0.315. The third kappa shape index (κ3) is 5.20.